The molecule has 5 rings (SSSR count). The summed E-state index contributed by atoms with van der Waals surface area (Å²) in [6.45, 7) is 0. The second kappa shape index (κ2) is 7.17. The molecule has 0 aliphatic carbocycles. The summed E-state index contributed by atoms with van der Waals surface area (Å²) in [5.41, 5.74) is 4.07. The van der Waals surface area contributed by atoms with Crippen molar-refractivity contribution in [1.29, 1.82) is 0 Å². The van der Waals surface area contributed by atoms with Crippen molar-refractivity contribution in [2.45, 2.75) is 12.3 Å². The lowest BCUT2D eigenvalue weighted by molar-refractivity contribution is -0.116. The van der Waals surface area contributed by atoms with Gasteiger partial charge in [0.2, 0.25) is 5.91 Å². The Balaban J connectivity index is 1.68. The highest BCUT2D eigenvalue weighted by Gasteiger charge is 2.30. The van der Waals surface area contributed by atoms with Crippen molar-refractivity contribution in [2.24, 2.45) is 0 Å². The molecule has 1 aliphatic rings. The van der Waals surface area contributed by atoms with Crippen molar-refractivity contribution in [1.82, 2.24) is 15.0 Å². The van der Waals surface area contributed by atoms with Gasteiger partial charge in [0.15, 0.2) is 11.5 Å². The fourth-order valence-corrected chi connectivity index (χ4v) is 4.14. The van der Waals surface area contributed by atoms with Crippen LogP contribution in [0.3, 0.4) is 0 Å². The van der Waals surface area contributed by atoms with E-state index in [1.807, 2.05) is 0 Å². The van der Waals surface area contributed by atoms with Gasteiger partial charge in [-0.15, -0.1) is 10.2 Å². The van der Waals surface area contributed by atoms with E-state index in [4.69, 9.17) is 16.3 Å². The normalized spacial score (nSPS) is 15.5. The number of amides is 1. The molecule has 3 aromatic carbocycles. The van der Waals surface area contributed by atoms with Gasteiger partial charge in [0.05, 0.1) is 17.8 Å². The van der Waals surface area contributed by atoms with E-state index in [0.29, 0.717) is 38.7 Å². The van der Waals surface area contributed by atoms with Crippen LogP contribution >= 0.6 is 11.6 Å². The van der Waals surface area contributed by atoms with Crippen molar-refractivity contribution < 1.29 is 19.7 Å². The molecule has 1 aliphatic heterocycles. The first-order valence-corrected chi connectivity index (χ1v) is 9.88. The summed E-state index contributed by atoms with van der Waals surface area (Å²) in [6.07, 6.45) is 0.178. The monoisotopic (exact) mass is 436 g/mol. The van der Waals surface area contributed by atoms with Crippen LogP contribution in [0.5, 0.6) is 17.2 Å². The highest BCUT2D eigenvalue weighted by Crippen LogP contribution is 2.42. The molecular formula is C22H17ClN4O4. The van der Waals surface area contributed by atoms with Crippen LogP contribution in [0.4, 0.5) is 5.69 Å². The van der Waals surface area contributed by atoms with Crippen LogP contribution in [0.25, 0.3) is 16.7 Å². The number of anilines is 1. The lowest BCUT2D eigenvalue weighted by Gasteiger charge is -2.26. The molecule has 1 aromatic heterocycles. The number of nitrogens with one attached hydrogen (secondary N) is 1. The van der Waals surface area contributed by atoms with E-state index in [0.717, 1.165) is 5.56 Å². The number of phenols is 2. The molecule has 0 saturated heterocycles. The Labute approximate surface area is 181 Å². The second-order valence-electron chi connectivity index (χ2n) is 7.26. The van der Waals surface area contributed by atoms with Gasteiger partial charge >= 0.3 is 0 Å². The third-order valence-electron chi connectivity index (χ3n) is 5.37. The molecule has 0 radical (unpaired) electrons. The maximum Gasteiger partial charge on any atom is 0.225 e. The number of aromatic hydroxyl groups is 2. The molecule has 156 valence electrons. The number of carbonyl (C=O) groups excluding carboxylic acids is 1. The Kier molecular flexibility index (Phi) is 4.44. The summed E-state index contributed by atoms with van der Waals surface area (Å²) < 4.78 is 5.20. The van der Waals surface area contributed by atoms with Crippen molar-refractivity contribution in [3.63, 3.8) is 0 Å². The van der Waals surface area contributed by atoms with Crippen LogP contribution < -0.4 is 10.1 Å². The molecule has 8 nitrogen and oxygen atoms in total. The van der Waals surface area contributed by atoms with E-state index in [9.17, 15) is 15.0 Å². The molecule has 4 aromatic rings. The first kappa shape index (κ1) is 19.2. The molecule has 0 saturated carbocycles. The summed E-state index contributed by atoms with van der Waals surface area (Å²) in [6, 6.07) is 13.4. The van der Waals surface area contributed by atoms with E-state index in [2.05, 4.69) is 15.5 Å². The first-order valence-electron chi connectivity index (χ1n) is 9.50. The van der Waals surface area contributed by atoms with Crippen LogP contribution in [0.15, 0.2) is 48.5 Å². The minimum absolute atomic E-state index is 0.140. The fourth-order valence-electron chi connectivity index (χ4n) is 3.89. The first-order chi connectivity index (χ1) is 14.9. The number of hydrogen-bond acceptors (Lipinski definition) is 6. The third kappa shape index (κ3) is 3.21. The third-order valence-corrected chi connectivity index (χ3v) is 5.67. The molecule has 2 heterocycles. The standard InChI is InChI=1S/C22H17ClN4O4/c1-31-19-7-3-12(9-14(19)23)27-25-16-5-4-15-21(22(16)26-27)13(10-20(30)24-15)11-2-6-17(28)18(29)8-11/h2-9,13,28-29H,10H2,1H3,(H,24,30)/t13-/m1/s1. The largest absolute Gasteiger partial charge is 0.504 e. The molecule has 0 bridgehead atoms. The van der Waals surface area contributed by atoms with Crippen molar-refractivity contribution >= 4 is 34.2 Å². The molecule has 9 heteroatoms. The van der Waals surface area contributed by atoms with Crippen LogP contribution in [-0.2, 0) is 4.79 Å². The number of ether oxygens (including phenoxy) is 1. The Hall–Kier alpha value is -3.78. The molecule has 1 amide bonds. The average molecular weight is 437 g/mol. The highest BCUT2D eigenvalue weighted by atomic mass is 35.5. The number of hydrogen-bond donors (Lipinski definition) is 3. The van der Waals surface area contributed by atoms with E-state index in [1.165, 1.54) is 16.9 Å². The van der Waals surface area contributed by atoms with Gasteiger partial charge in [0, 0.05) is 23.6 Å². The predicted octanol–water partition coefficient (Wildman–Crippen LogP) is 3.97. The Morgan fingerprint density at radius 2 is 1.94 bits per heavy atom. The summed E-state index contributed by atoms with van der Waals surface area (Å²) >= 11 is 6.25. The fraction of sp³-hybridized carbons (Fsp3) is 0.136. The van der Waals surface area contributed by atoms with E-state index >= 15 is 0 Å². The lowest BCUT2D eigenvalue weighted by Crippen LogP contribution is -2.23. The van der Waals surface area contributed by atoms with E-state index in [-0.39, 0.29) is 29.7 Å². The lowest BCUT2D eigenvalue weighted by atomic mass is 9.84. The van der Waals surface area contributed by atoms with E-state index < -0.39 is 0 Å². The molecule has 0 unspecified atom stereocenters. The summed E-state index contributed by atoms with van der Waals surface area (Å²) in [5, 5.41) is 32.2. The van der Waals surface area contributed by atoms with Gasteiger partial charge in [-0.25, -0.2) is 0 Å². The molecule has 0 fully saturated rings. The SMILES string of the molecule is COc1ccc(-n2nc3ccc4c(c3n2)[C@@H](c2ccc(O)c(O)c2)CC(=O)N4)cc1Cl. The predicted molar refractivity (Wildman–Crippen MR) is 115 cm³/mol. The highest BCUT2D eigenvalue weighted by molar-refractivity contribution is 6.32. The quantitative estimate of drug-likeness (QED) is 0.419. The zero-order valence-electron chi connectivity index (χ0n) is 16.3. The van der Waals surface area contributed by atoms with Gasteiger partial charge in [-0.3, -0.25) is 4.79 Å². The number of halogens is 1. The molecule has 31 heavy (non-hydrogen) atoms. The van der Waals surface area contributed by atoms with Crippen LogP contribution in [0, 0.1) is 0 Å². The van der Waals surface area contributed by atoms with Crippen molar-refractivity contribution in [3.8, 4) is 22.9 Å². The molecule has 3 N–H and O–H groups in total. The second-order valence-corrected chi connectivity index (χ2v) is 7.66. The minimum atomic E-state index is -0.358. The van der Waals surface area contributed by atoms with Crippen molar-refractivity contribution in [3.05, 3.63) is 64.7 Å². The number of nitrogens with zero attached hydrogens (tertiary/aromatic N) is 3. The van der Waals surface area contributed by atoms with Gasteiger partial charge in [0.25, 0.3) is 0 Å². The number of phenolic OH excluding ortho intramolecular Hbond substituents is 2. The number of methoxy groups -OCH3 is 1. The average Bonchev–Trinajstić information content (AvgIpc) is 3.19. The maximum absolute atomic E-state index is 12.3. The van der Waals surface area contributed by atoms with Crippen LogP contribution in [-0.4, -0.2) is 38.2 Å². The number of carbonyl (C=O) groups is 1. The van der Waals surface area contributed by atoms with Gasteiger partial charge < -0.3 is 20.3 Å². The number of rotatable bonds is 3. The Morgan fingerprint density at radius 1 is 1.10 bits per heavy atom. The number of benzene rings is 3. The van der Waals surface area contributed by atoms with E-state index in [1.54, 1.807) is 43.5 Å². The zero-order chi connectivity index (χ0) is 21.7. The summed E-state index contributed by atoms with van der Waals surface area (Å²) in [4.78, 5) is 13.8. The van der Waals surface area contributed by atoms with Gasteiger partial charge in [-0.05, 0) is 48.0 Å². The van der Waals surface area contributed by atoms with Crippen molar-refractivity contribution in [2.75, 3.05) is 12.4 Å². The van der Waals surface area contributed by atoms with Gasteiger partial charge in [-0.2, -0.15) is 4.80 Å². The number of fused-ring (bicyclic) bond motifs is 3. The zero-order valence-corrected chi connectivity index (χ0v) is 17.1. The topological polar surface area (TPSA) is 110 Å². The van der Waals surface area contributed by atoms with Gasteiger partial charge in [0.1, 0.15) is 16.8 Å². The van der Waals surface area contributed by atoms with Crippen LogP contribution in [0.1, 0.15) is 23.5 Å². The minimum Gasteiger partial charge on any atom is -0.504 e. The van der Waals surface area contributed by atoms with Crippen LogP contribution in [0.2, 0.25) is 5.02 Å². The molecule has 1 atom stereocenters. The Bertz CT molecular complexity index is 1350. The Morgan fingerprint density at radius 3 is 2.68 bits per heavy atom. The molecule has 0 spiro atoms. The summed E-state index contributed by atoms with van der Waals surface area (Å²) in [5.74, 6) is -0.407. The molecular weight excluding hydrogens is 420 g/mol. The maximum atomic E-state index is 12.3. The number of aromatic nitrogens is 3. The summed E-state index contributed by atoms with van der Waals surface area (Å²) in [7, 11) is 1.54. The smallest absolute Gasteiger partial charge is 0.225 e. The van der Waals surface area contributed by atoms with Gasteiger partial charge in [-0.1, -0.05) is 17.7 Å².